The molecule has 0 aromatic heterocycles. The van der Waals surface area contributed by atoms with Crippen molar-refractivity contribution in [2.24, 2.45) is 5.92 Å². The lowest BCUT2D eigenvalue weighted by molar-refractivity contribution is 0.0642. The zero-order chi connectivity index (χ0) is 13.0. The van der Waals surface area contributed by atoms with Crippen molar-refractivity contribution in [3.8, 4) is 0 Å². The number of carbonyl (C=O) groups excluding carboxylic acids is 1. The maximum Gasteiger partial charge on any atom is 0.251 e. The Morgan fingerprint density at radius 1 is 1.33 bits per heavy atom. The molecule has 1 amide bonds. The van der Waals surface area contributed by atoms with Gasteiger partial charge in [0.2, 0.25) is 0 Å². The minimum atomic E-state index is 0.0442. The van der Waals surface area contributed by atoms with Crippen LogP contribution < -0.4 is 5.32 Å². The second-order valence-corrected chi connectivity index (χ2v) is 5.01. The van der Waals surface area contributed by atoms with E-state index in [4.69, 9.17) is 4.74 Å². The van der Waals surface area contributed by atoms with E-state index in [0.717, 1.165) is 49.3 Å². The van der Waals surface area contributed by atoms with Crippen molar-refractivity contribution in [1.82, 2.24) is 5.32 Å². The molecule has 98 valence electrons. The predicted octanol–water partition coefficient (Wildman–Crippen LogP) is 2.46. The first-order valence-corrected chi connectivity index (χ1v) is 6.60. The summed E-state index contributed by atoms with van der Waals surface area (Å²) in [5.41, 5.74) is 3.03. The number of nitrogens with one attached hydrogen (secondary N) is 1. The number of benzene rings is 1. The summed E-state index contributed by atoms with van der Waals surface area (Å²) in [7, 11) is 0. The largest absolute Gasteiger partial charge is 0.381 e. The Bertz CT molecular complexity index is 423. The van der Waals surface area contributed by atoms with Gasteiger partial charge in [0.25, 0.3) is 5.91 Å². The van der Waals surface area contributed by atoms with Gasteiger partial charge >= 0.3 is 0 Å². The van der Waals surface area contributed by atoms with E-state index in [-0.39, 0.29) is 5.91 Å². The number of aryl methyl sites for hydroxylation is 1. The Hall–Kier alpha value is -1.35. The van der Waals surface area contributed by atoms with Gasteiger partial charge in [-0.2, -0.15) is 0 Å². The first-order valence-electron chi connectivity index (χ1n) is 6.60. The van der Waals surface area contributed by atoms with E-state index >= 15 is 0 Å². The van der Waals surface area contributed by atoms with Crippen LogP contribution in [0, 0.1) is 19.8 Å². The fourth-order valence-electron chi connectivity index (χ4n) is 2.28. The highest BCUT2D eigenvalue weighted by Crippen LogP contribution is 2.15. The van der Waals surface area contributed by atoms with E-state index < -0.39 is 0 Å². The van der Waals surface area contributed by atoms with Crippen molar-refractivity contribution in [3.05, 3.63) is 34.9 Å². The molecule has 1 aliphatic rings. The van der Waals surface area contributed by atoms with Gasteiger partial charge in [0.1, 0.15) is 0 Å². The highest BCUT2D eigenvalue weighted by atomic mass is 16.5. The van der Waals surface area contributed by atoms with Gasteiger partial charge in [-0.25, -0.2) is 0 Å². The van der Waals surface area contributed by atoms with E-state index in [0.29, 0.717) is 5.92 Å². The lowest BCUT2D eigenvalue weighted by Crippen LogP contribution is -2.32. The Labute approximate surface area is 109 Å². The van der Waals surface area contributed by atoms with Crippen molar-refractivity contribution in [2.45, 2.75) is 26.7 Å². The van der Waals surface area contributed by atoms with Gasteiger partial charge in [-0.1, -0.05) is 12.1 Å². The molecule has 0 aliphatic carbocycles. The van der Waals surface area contributed by atoms with Crippen molar-refractivity contribution in [1.29, 1.82) is 0 Å². The molecule has 3 heteroatoms. The highest BCUT2D eigenvalue weighted by molar-refractivity contribution is 5.95. The monoisotopic (exact) mass is 247 g/mol. The molecule has 1 saturated heterocycles. The fourth-order valence-corrected chi connectivity index (χ4v) is 2.28. The number of carbonyl (C=O) groups is 1. The second-order valence-electron chi connectivity index (χ2n) is 5.01. The summed E-state index contributed by atoms with van der Waals surface area (Å²) in [6.45, 7) is 6.44. The van der Waals surface area contributed by atoms with Gasteiger partial charge < -0.3 is 10.1 Å². The lowest BCUT2D eigenvalue weighted by Gasteiger charge is -2.22. The Balaban J connectivity index is 1.93. The van der Waals surface area contributed by atoms with Crippen molar-refractivity contribution < 1.29 is 9.53 Å². The van der Waals surface area contributed by atoms with Crippen LogP contribution in [0.5, 0.6) is 0 Å². The second kappa shape index (κ2) is 6.01. The highest BCUT2D eigenvalue weighted by Gasteiger charge is 2.16. The average molecular weight is 247 g/mol. The van der Waals surface area contributed by atoms with Crippen LogP contribution in [0.1, 0.15) is 34.3 Å². The van der Waals surface area contributed by atoms with Crippen LogP contribution in [0.4, 0.5) is 0 Å². The molecule has 0 radical (unpaired) electrons. The molecule has 0 atom stereocenters. The summed E-state index contributed by atoms with van der Waals surface area (Å²) >= 11 is 0. The minimum Gasteiger partial charge on any atom is -0.381 e. The third kappa shape index (κ3) is 3.10. The van der Waals surface area contributed by atoms with Gasteiger partial charge in [0.05, 0.1) is 0 Å². The first-order chi connectivity index (χ1) is 8.68. The molecule has 1 N–H and O–H groups in total. The molecule has 2 rings (SSSR count). The lowest BCUT2D eigenvalue weighted by atomic mass is 9.99. The van der Waals surface area contributed by atoms with Crippen LogP contribution in [-0.2, 0) is 4.74 Å². The van der Waals surface area contributed by atoms with Crippen molar-refractivity contribution in [3.63, 3.8) is 0 Å². The minimum absolute atomic E-state index is 0.0442. The van der Waals surface area contributed by atoms with Crippen LogP contribution in [0.2, 0.25) is 0 Å². The molecule has 0 saturated carbocycles. The first kappa shape index (κ1) is 13.1. The number of hydrogen-bond donors (Lipinski definition) is 1. The van der Waals surface area contributed by atoms with E-state index in [1.165, 1.54) is 0 Å². The zero-order valence-corrected chi connectivity index (χ0v) is 11.2. The van der Waals surface area contributed by atoms with Crippen LogP contribution in [0.25, 0.3) is 0 Å². The van der Waals surface area contributed by atoms with Crippen LogP contribution in [0.15, 0.2) is 18.2 Å². The molecule has 3 nitrogen and oxygen atoms in total. The summed E-state index contributed by atoms with van der Waals surface area (Å²) < 4.78 is 5.31. The Kier molecular flexibility index (Phi) is 4.37. The van der Waals surface area contributed by atoms with Gasteiger partial charge in [0, 0.05) is 25.3 Å². The van der Waals surface area contributed by atoms with E-state index in [1.54, 1.807) is 0 Å². The van der Waals surface area contributed by atoms with E-state index in [9.17, 15) is 4.79 Å². The smallest absolute Gasteiger partial charge is 0.251 e. The van der Waals surface area contributed by atoms with Crippen LogP contribution >= 0.6 is 0 Å². The molecule has 18 heavy (non-hydrogen) atoms. The summed E-state index contributed by atoms with van der Waals surface area (Å²) in [5.74, 6) is 0.607. The fraction of sp³-hybridized carbons (Fsp3) is 0.533. The third-order valence-electron chi connectivity index (χ3n) is 3.74. The van der Waals surface area contributed by atoms with Crippen LogP contribution in [0.3, 0.4) is 0 Å². The summed E-state index contributed by atoms with van der Waals surface area (Å²) in [5, 5.41) is 3.04. The number of ether oxygens (including phenoxy) is 1. The van der Waals surface area contributed by atoms with Crippen molar-refractivity contribution in [2.75, 3.05) is 19.8 Å². The molecule has 0 bridgehead atoms. The van der Waals surface area contributed by atoms with Crippen molar-refractivity contribution >= 4 is 5.91 Å². The number of rotatable bonds is 3. The Morgan fingerprint density at radius 2 is 2.06 bits per heavy atom. The summed E-state index contributed by atoms with van der Waals surface area (Å²) in [6, 6.07) is 5.86. The average Bonchev–Trinajstić information content (AvgIpc) is 2.40. The Morgan fingerprint density at radius 3 is 2.78 bits per heavy atom. The number of amides is 1. The standard InChI is InChI=1S/C15H21NO2/c1-11-4-3-5-14(12(11)2)15(17)16-10-13-6-8-18-9-7-13/h3-5,13H,6-10H2,1-2H3,(H,16,17). The maximum atomic E-state index is 12.1. The molecular weight excluding hydrogens is 226 g/mol. The zero-order valence-electron chi connectivity index (χ0n) is 11.2. The van der Waals surface area contributed by atoms with Gasteiger partial charge in [-0.15, -0.1) is 0 Å². The molecule has 1 fully saturated rings. The molecule has 0 spiro atoms. The quantitative estimate of drug-likeness (QED) is 0.891. The summed E-state index contributed by atoms with van der Waals surface area (Å²) in [4.78, 5) is 12.1. The molecular formula is C15H21NO2. The molecule has 0 unspecified atom stereocenters. The molecule has 1 heterocycles. The van der Waals surface area contributed by atoms with Gasteiger partial charge in [-0.05, 0) is 49.8 Å². The van der Waals surface area contributed by atoms with Crippen LogP contribution in [-0.4, -0.2) is 25.7 Å². The van der Waals surface area contributed by atoms with Gasteiger partial charge in [-0.3, -0.25) is 4.79 Å². The van der Waals surface area contributed by atoms with Gasteiger partial charge in [0.15, 0.2) is 0 Å². The molecule has 1 aliphatic heterocycles. The summed E-state index contributed by atoms with van der Waals surface area (Å²) in [6.07, 6.45) is 2.10. The normalized spacial score (nSPS) is 16.6. The topological polar surface area (TPSA) is 38.3 Å². The predicted molar refractivity (Wildman–Crippen MR) is 71.8 cm³/mol. The molecule has 1 aromatic carbocycles. The van der Waals surface area contributed by atoms with E-state index in [2.05, 4.69) is 5.32 Å². The maximum absolute atomic E-state index is 12.1. The van der Waals surface area contributed by atoms with E-state index in [1.807, 2.05) is 32.0 Å². The molecule has 1 aromatic rings. The SMILES string of the molecule is Cc1cccc(C(=O)NCC2CCOCC2)c1C. The third-order valence-corrected chi connectivity index (χ3v) is 3.74. The number of hydrogen-bond acceptors (Lipinski definition) is 2.